The largest absolute Gasteiger partial charge is 0.318 e. The minimum atomic E-state index is -4.94. The first-order valence-electron chi connectivity index (χ1n) is 8.59. The minimum Gasteiger partial charge on any atom is -0.318 e. The van der Waals surface area contributed by atoms with Gasteiger partial charge in [-0.1, -0.05) is 23.2 Å². The van der Waals surface area contributed by atoms with Gasteiger partial charge in [0, 0.05) is 26.0 Å². The molecule has 18 heteroatoms. The quantitative estimate of drug-likeness (QED) is 0.294. The maximum Gasteiger partial charge on any atom is 0.290 e. The van der Waals surface area contributed by atoms with Gasteiger partial charge in [-0.15, -0.1) is 10.2 Å². The van der Waals surface area contributed by atoms with Crippen LogP contribution < -0.4 is 38.8 Å². The van der Waals surface area contributed by atoms with Crippen LogP contribution in [0.2, 0.25) is 10.0 Å². The maximum atomic E-state index is 12.6. The number of hydrogen-bond donors (Lipinski definition) is 3. The number of nitrogens with zero attached hydrogens (tertiary/aromatic N) is 1. The molecule has 0 aliphatic rings. The number of nitrogens with two attached hydrogens (primary N) is 2. The molecule has 0 radical (unpaired) electrons. The van der Waals surface area contributed by atoms with Crippen LogP contribution in [0.4, 0.5) is 5.69 Å². The van der Waals surface area contributed by atoms with Crippen LogP contribution in [0.25, 0.3) is 0 Å². The summed E-state index contributed by atoms with van der Waals surface area (Å²) in [6.45, 7) is 5.38. The first-order chi connectivity index (χ1) is 15.1. The number of sulfonamides is 2. The smallest absolute Gasteiger partial charge is 0.290 e. The second kappa shape index (κ2) is 11.0. The van der Waals surface area contributed by atoms with E-state index in [4.69, 9.17) is 52.1 Å². The Balaban J connectivity index is 0.00000104. The molecule has 0 bridgehead atoms. The average molecular weight is 582 g/mol. The number of primary sulfonamides is 2. The Morgan fingerprint density at radius 2 is 1.32 bits per heavy atom. The van der Waals surface area contributed by atoms with Crippen molar-refractivity contribution in [1.29, 1.82) is 0 Å². The lowest BCUT2D eigenvalue weighted by molar-refractivity contribution is -2.00. The van der Waals surface area contributed by atoms with Gasteiger partial charge in [-0.25, -0.2) is 45.7 Å². The number of aromatic nitrogens is 1. The molecule has 1 aromatic heterocycles. The molecule has 0 unspecified atom stereocenters. The second-order valence-corrected chi connectivity index (χ2v) is 11.4. The number of amides is 1. The van der Waals surface area contributed by atoms with E-state index in [1.165, 1.54) is 0 Å². The van der Waals surface area contributed by atoms with Crippen molar-refractivity contribution >= 4 is 54.8 Å². The highest BCUT2D eigenvalue weighted by Crippen LogP contribution is 2.39. The van der Waals surface area contributed by atoms with Crippen LogP contribution >= 0.6 is 23.2 Å². The van der Waals surface area contributed by atoms with Crippen LogP contribution in [0.1, 0.15) is 17.0 Å². The molecule has 1 heterocycles. The van der Waals surface area contributed by atoms with Gasteiger partial charge in [0.15, 0.2) is 11.4 Å². The standard InChI is InChI=1S/C16H18Cl2N4O5S2.ClHO4/c1-8-4-9(2)22(10(3)5-8)7-13(23)21-16-12(29(20,26)27)6-11(28(19,24)25)14(17)15(16)18;2-1(3,4)5/h4-6H,7H2,1-3H3,(H4-,19,20,21,23,24,25,26,27);(H,2,3,4,5). The number of hydrogen-bond acceptors (Lipinski definition) is 9. The van der Waals surface area contributed by atoms with Crippen LogP contribution in [-0.4, -0.2) is 22.7 Å². The number of pyridine rings is 1. The number of aryl methyl sites for hydroxylation is 3. The monoisotopic (exact) mass is 580 g/mol. The zero-order chi connectivity index (χ0) is 26.8. The van der Waals surface area contributed by atoms with Gasteiger partial charge in [0.05, 0.1) is 15.7 Å². The molecule has 0 fully saturated rings. The van der Waals surface area contributed by atoms with Crippen molar-refractivity contribution in [2.24, 2.45) is 10.3 Å². The van der Waals surface area contributed by atoms with Crippen molar-refractivity contribution in [1.82, 2.24) is 0 Å². The van der Waals surface area contributed by atoms with Crippen LogP contribution in [0.15, 0.2) is 28.0 Å². The zero-order valence-electron chi connectivity index (χ0n) is 17.7. The summed E-state index contributed by atoms with van der Waals surface area (Å²) in [5.74, 6) is -0.628. The molecule has 0 saturated carbocycles. The van der Waals surface area contributed by atoms with Gasteiger partial charge in [-0.3, -0.25) is 4.79 Å². The fraction of sp³-hybridized carbons (Fsp3) is 0.250. The van der Waals surface area contributed by atoms with Crippen molar-refractivity contribution in [2.75, 3.05) is 5.32 Å². The molecular formula is C16H19Cl3N4O9S2. The third-order valence-corrected chi connectivity index (χ3v) is 6.89. The fourth-order valence-corrected chi connectivity index (χ4v) is 5.10. The minimum absolute atomic E-state index is 0.160. The van der Waals surface area contributed by atoms with Gasteiger partial charge >= 0.3 is 0 Å². The van der Waals surface area contributed by atoms with Gasteiger partial charge in [-0.2, -0.15) is 4.57 Å². The van der Waals surface area contributed by atoms with E-state index in [2.05, 4.69) is 5.32 Å². The van der Waals surface area contributed by atoms with Gasteiger partial charge in [-0.05, 0) is 18.6 Å². The Bertz CT molecular complexity index is 1300. The summed E-state index contributed by atoms with van der Waals surface area (Å²) in [4.78, 5) is 11.1. The van der Waals surface area contributed by atoms with E-state index in [-0.39, 0.29) is 6.54 Å². The third-order valence-electron chi connectivity index (χ3n) is 4.04. The molecule has 190 valence electrons. The molecule has 1 aromatic carbocycles. The number of carbonyl (C=O) groups is 1. The number of rotatable bonds is 5. The maximum absolute atomic E-state index is 12.6. The van der Waals surface area contributed by atoms with E-state index in [0.29, 0.717) is 6.07 Å². The van der Waals surface area contributed by atoms with E-state index in [0.717, 1.165) is 17.0 Å². The Morgan fingerprint density at radius 3 is 1.71 bits per heavy atom. The summed E-state index contributed by atoms with van der Waals surface area (Å²) in [7, 11) is -13.8. The highest BCUT2D eigenvalue weighted by Gasteiger charge is 2.28. The van der Waals surface area contributed by atoms with E-state index in [9.17, 15) is 21.6 Å². The molecule has 34 heavy (non-hydrogen) atoms. The molecule has 0 spiro atoms. The SMILES string of the molecule is Cc1cc(C)[n+](CC(=O)Nc2c(S(N)(=O)=O)cc(S(N)(=O)=O)c(Cl)c2Cl)c(C)c1.[O-][Cl+3]([O-])([O-])[O-]. The summed E-state index contributed by atoms with van der Waals surface area (Å²) < 4.78 is 82.9. The molecular weight excluding hydrogens is 563 g/mol. The lowest BCUT2D eigenvalue weighted by Gasteiger charge is -2.17. The van der Waals surface area contributed by atoms with Gasteiger partial charge in [0.1, 0.15) is 9.79 Å². The first-order valence-corrected chi connectivity index (χ1v) is 13.7. The first kappa shape index (κ1) is 30.4. The molecule has 0 aliphatic carbocycles. The third kappa shape index (κ3) is 8.86. The number of nitrogens with one attached hydrogen (secondary N) is 1. The van der Waals surface area contributed by atoms with Crippen molar-refractivity contribution in [2.45, 2.75) is 37.1 Å². The summed E-state index contributed by atoms with van der Waals surface area (Å²) in [5, 5.41) is 11.5. The highest BCUT2D eigenvalue weighted by molar-refractivity contribution is 7.90. The van der Waals surface area contributed by atoms with E-state index >= 15 is 0 Å². The topological polar surface area (TPSA) is 246 Å². The predicted molar refractivity (Wildman–Crippen MR) is 109 cm³/mol. The van der Waals surface area contributed by atoms with Crippen LogP contribution in [-0.2, 0) is 31.4 Å². The summed E-state index contributed by atoms with van der Waals surface area (Å²) >= 11 is 12.0. The molecule has 1 amide bonds. The van der Waals surface area contributed by atoms with E-state index in [1.807, 2.05) is 32.9 Å². The molecule has 13 nitrogen and oxygen atoms in total. The summed E-state index contributed by atoms with van der Waals surface area (Å²) in [6.07, 6.45) is 0. The van der Waals surface area contributed by atoms with Crippen LogP contribution in [0.5, 0.6) is 0 Å². The molecule has 2 rings (SSSR count). The lowest BCUT2D eigenvalue weighted by atomic mass is 10.2. The summed E-state index contributed by atoms with van der Waals surface area (Å²) in [6, 6.07) is 4.41. The second-order valence-electron chi connectivity index (χ2n) is 6.79. The normalized spacial score (nSPS) is 12.1. The number of benzene rings is 1. The molecule has 2 aromatic rings. The highest BCUT2D eigenvalue weighted by atomic mass is 35.7. The number of anilines is 1. The van der Waals surface area contributed by atoms with Gasteiger partial charge in [0.2, 0.25) is 26.6 Å². The average Bonchev–Trinajstić information content (AvgIpc) is 2.58. The Labute approximate surface area is 207 Å². The van der Waals surface area contributed by atoms with Gasteiger partial charge in [0.25, 0.3) is 5.91 Å². The van der Waals surface area contributed by atoms with Crippen molar-refractivity contribution in [3.8, 4) is 0 Å². The molecule has 0 atom stereocenters. The fourth-order valence-electron chi connectivity index (χ4n) is 2.84. The zero-order valence-corrected chi connectivity index (χ0v) is 21.6. The van der Waals surface area contributed by atoms with Crippen molar-refractivity contribution < 1.29 is 55.1 Å². The van der Waals surface area contributed by atoms with Crippen molar-refractivity contribution in [3.05, 3.63) is 45.2 Å². The molecule has 0 aliphatic heterocycles. The number of halogens is 3. The lowest BCUT2D eigenvalue weighted by Crippen LogP contribution is -2.68. The summed E-state index contributed by atoms with van der Waals surface area (Å²) in [5.41, 5.74) is 2.19. The van der Waals surface area contributed by atoms with Crippen molar-refractivity contribution in [3.63, 3.8) is 0 Å². The molecule has 5 N–H and O–H groups in total. The van der Waals surface area contributed by atoms with Crippen LogP contribution in [0.3, 0.4) is 0 Å². The number of carbonyl (C=O) groups excluding carboxylic acids is 1. The molecule has 0 saturated heterocycles. The van der Waals surface area contributed by atoms with Crippen LogP contribution in [0, 0.1) is 31.0 Å². The Hall–Kier alpha value is -1.63. The van der Waals surface area contributed by atoms with Gasteiger partial charge < -0.3 is 5.32 Å². The Kier molecular flexibility index (Phi) is 9.80. The Morgan fingerprint density at radius 1 is 0.912 bits per heavy atom. The predicted octanol–water partition coefficient (Wildman–Crippen LogP) is -3.62. The van der Waals surface area contributed by atoms with E-state index in [1.54, 1.807) is 4.57 Å². The van der Waals surface area contributed by atoms with E-state index < -0.39 is 61.7 Å².